The third kappa shape index (κ3) is 10.4. The highest BCUT2D eigenvalue weighted by Gasteiger charge is 2.19. The van der Waals surface area contributed by atoms with Crippen molar-refractivity contribution in [1.82, 2.24) is 10.6 Å². The van der Waals surface area contributed by atoms with Crippen molar-refractivity contribution in [2.24, 2.45) is 0 Å². The van der Waals surface area contributed by atoms with Crippen LogP contribution in [0.5, 0.6) is 11.5 Å². The van der Waals surface area contributed by atoms with E-state index in [1.165, 1.54) is 34.4 Å². The molecule has 1 amide bonds. The first-order valence-electron chi connectivity index (χ1n) is 13.3. The van der Waals surface area contributed by atoms with Crippen LogP contribution < -0.4 is 20.1 Å². The van der Waals surface area contributed by atoms with Crippen LogP contribution in [0.3, 0.4) is 0 Å². The van der Waals surface area contributed by atoms with E-state index in [1.54, 1.807) is 0 Å². The van der Waals surface area contributed by atoms with Crippen LogP contribution in [0.25, 0.3) is 0 Å². The van der Waals surface area contributed by atoms with Crippen molar-refractivity contribution >= 4 is 47.4 Å². The van der Waals surface area contributed by atoms with E-state index in [2.05, 4.69) is 10.6 Å². The van der Waals surface area contributed by atoms with Crippen LogP contribution in [0.1, 0.15) is 70.0 Å². The second-order valence-corrected chi connectivity index (χ2v) is 10.1. The van der Waals surface area contributed by atoms with Gasteiger partial charge in [0.15, 0.2) is 30.5 Å². The van der Waals surface area contributed by atoms with Gasteiger partial charge in [-0.3, -0.25) is 9.59 Å². The van der Waals surface area contributed by atoms with E-state index in [1.807, 2.05) is 19.9 Å². The minimum absolute atomic E-state index is 0. The number of benzene rings is 1. The summed E-state index contributed by atoms with van der Waals surface area (Å²) in [7, 11) is 0. The highest BCUT2D eigenvalue weighted by atomic mass is 35.5. The zero-order chi connectivity index (χ0) is 28.0. The highest BCUT2D eigenvalue weighted by Crippen LogP contribution is 2.29. The van der Waals surface area contributed by atoms with E-state index in [9.17, 15) is 19.2 Å². The number of ether oxygens (including phenoxy) is 4. The number of fused-ring (bicyclic) bond motifs is 1. The second-order valence-electron chi connectivity index (χ2n) is 8.98. The lowest BCUT2D eigenvalue weighted by Gasteiger charge is -2.14. The molecule has 0 aliphatic carbocycles. The first kappa shape index (κ1) is 33.1. The van der Waals surface area contributed by atoms with Crippen molar-refractivity contribution in [2.45, 2.75) is 52.5 Å². The van der Waals surface area contributed by atoms with Crippen LogP contribution >= 0.6 is 23.7 Å². The van der Waals surface area contributed by atoms with Gasteiger partial charge in [0.05, 0.1) is 24.6 Å². The standard InChI is InChI=1S/C28H36N2O8S.ClH/c1-3-5-11-35-26(32)17-37-22-8-7-19(13-23(22)38-18-27(33)36-12-6-4-2)21(31)16-30-28(34)25-14-20-15-29-10-9-24(20)39-25;/h7-8,13-14,29H,3-6,9-12,15-18H2,1-2H3,(H,30,34);1H. The minimum atomic E-state index is -0.564. The first-order chi connectivity index (χ1) is 18.9. The molecule has 12 heteroatoms. The van der Waals surface area contributed by atoms with E-state index in [-0.39, 0.29) is 60.9 Å². The Hall–Kier alpha value is -3.15. The zero-order valence-electron chi connectivity index (χ0n) is 22.9. The number of amides is 1. The summed E-state index contributed by atoms with van der Waals surface area (Å²) in [5, 5.41) is 5.95. The van der Waals surface area contributed by atoms with Crippen molar-refractivity contribution in [3.8, 4) is 11.5 Å². The van der Waals surface area contributed by atoms with Crippen LogP contribution in [-0.4, -0.2) is 63.1 Å². The summed E-state index contributed by atoms with van der Waals surface area (Å²) >= 11 is 1.44. The molecular weight excluding hydrogens is 560 g/mol. The maximum atomic E-state index is 12.9. The molecule has 40 heavy (non-hydrogen) atoms. The molecule has 0 atom stereocenters. The summed E-state index contributed by atoms with van der Waals surface area (Å²) in [6.07, 6.45) is 4.14. The molecule has 2 N–H and O–H groups in total. The molecule has 1 aromatic carbocycles. The fraction of sp³-hybridized carbons (Fsp3) is 0.500. The number of halogens is 1. The number of nitrogens with one attached hydrogen (secondary N) is 2. The molecule has 2 heterocycles. The molecular formula is C28H37ClN2O8S. The largest absolute Gasteiger partial charge is 0.478 e. The van der Waals surface area contributed by atoms with Crippen molar-refractivity contribution in [3.05, 3.63) is 45.1 Å². The molecule has 2 aromatic rings. The number of hydrogen-bond acceptors (Lipinski definition) is 10. The lowest BCUT2D eigenvalue weighted by atomic mass is 10.1. The van der Waals surface area contributed by atoms with Crippen molar-refractivity contribution in [3.63, 3.8) is 0 Å². The summed E-state index contributed by atoms with van der Waals surface area (Å²) in [5.41, 5.74) is 1.36. The fourth-order valence-corrected chi connectivity index (χ4v) is 4.74. The Labute approximate surface area is 244 Å². The Bertz CT molecular complexity index is 1130. The minimum Gasteiger partial charge on any atom is -0.478 e. The molecule has 1 aliphatic rings. The molecule has 0 unspecified atom stereocenters. The lowest BCUT2D eigenvalue weighted by molar-refractivity contribution is -0.147. The van der Waals surface area contributed by atoms with Gasteiger partial charge in [-0.2, -0.15) is 0 Å². The summed E-state index contributed by atoms with van der Waals surface area (Å²) in [6, 6.07) is 6.26. The van der Waals surface area contributed by atoms with Gasteiger partial charge in [-0.25, -0.2) is 9.59 Å². The Morgan fingerprint density at radius 1 is 0.925 bits per heavy atom. The lowest BCUT2D eigenvalue weighted by Crippen LogP contribution is -2.29. The van der Waals surface area contributed by atoms with Gasteiger partial charge in [0.1, 0.15) is 0 Å². The second kappa shape index (κ2) is 17.5. The number of esters is 2. The van der Waals surface area contributed by atoms with Gasteiger partial charge < -0.3 is 29.6 Å². The van der Waals surface area contributed by atoms with Crippen molar-refractivity contribution in [2.75, 3.05) is 39.5 Å². The maximum absolute atomic E-state index is 12.9. The molecule has 0 spiro atoms. The van der Waals surface area contributed by atoms with Gasteiger partial charge in [0.25, 0.3) is 5.91 Å². The van der Waals surface area contributed by atoms with Gasteiger partial charge in [-0.15, -0.1) is 23.7 Å². The quantitative estimate of drug-likeness (QED) is 0.168. The van der Waals surface area contributed by atoms with Gasteiger partial charge >= 0.3 is 11.9 Å². The van der Waals surface area contributed by atoms with Gasteiger partial charge in [0, 0.05) is 23.5 Å². The molecule has 0 fully saturated rings. The smallest absolute Gasteiger partial charge is 0.344 e. The van der Waals surface area contributed by atoms with Crippen LogP contribution in [0.4, 0.5) is 0 Å². The number of unbranched alkanes of at least 4 members (excludes halogenated alkanes) is 2. The van der Waals surface area contributed by atoms with Crippen LogP contribution in [-0.2, 0) is 32.0 Å². The maximum Gasteiger partial charge on any atom is 0.344 e. The number of rotatable bonds is 16. The van der Waals surface area contributed by atoms with E-state index < -0.39 is 18.5 Å². The summed E-state index contributed by atoms with van der Waals surface area (Å²) in [4.78, 5) is 51.3. The van der Waals surface area contributed by atoms with Gasteiger partial charge in [-0.05, 0) is 49.1 Å². The molecule has 1 aromatic heterocycles. The third-order valence-corrected chi connectivity index (χ3v) is 7.09. The topological polar surface area (TPSA) is 129 Å². The third-order valence-electron chi connectivity index (χ3n) is 5.85. The number of carbonyl (C=O) groups excluding carboxylic acids is 4. The summed E-state index contributed by atoms with van der Waals surface area (Å²) in [5.74, 6) is -1.50. The van der Waals surface area contributed by atoms with Gasteiger partial charge in [-0.1, -0.05) is 26.7 Å². The van der Waals surface area contributed by atoms with Crippen molar-refractivity contribution < 1.29 is 38.1 Å². The molecule has 10 nitrogen and oxygen atoms in total. The van der Waals surface area contributed by atoms with Crippen molar-refractivity contribution in [1.29, 1.82) is 0 Å². The Kier molecular flexibility index (Phi) is 14.5. The summed E-state index contributed by atoms with van der Waals surface area (Å²) in [6.45, 7) is 5.20. The first-order valence-corrected chi connectivity index (χ1v) is 14.1. The molecule has 0 bridgehead atoms. The van der Waals surface area contributed by atoms with Crippen LogP contribution in [0.2, 0.25) is 0 Å². The molecule has 3 rings (SSSR count). The monoisotopic (exact) mass is 596 g/mol. The zero-order valence-corrected chi connectivity index (χ0v) is 24.5. The predicted molar refractivity (Wildman–Crippen MR) is 153 cm³/mol. The number of Topliss-reactive ketones (excluding diaryl/α,β-unsaturated/α-hetero) is 1. The highest BCUT2D eigenvalue weighted by molar-refractivity contribution is 7.14. The van der Waals surface area contributed by atoms with Crippen LogP contribution in [0, 0.1) is 0 Å². The van der Waals surface area contributed by atoms with Gasteiger partial charge in [0.2, 0.25) is 0 Å². The van der Waals surface area contributed by atoms with E-state index in [4.69, 9.17) is 18.9 Å². The SMILES string of the molecule is CCCCOC(=O)COc1ccc(C(=O)CNC(=O)c2cc3c(s2)CCNC3)cc1OCC(=O)OCCCC.Cl. The number of ketones is 1. The fourth-order valence-electron chi connectivity index (χ4n) is 3.65. The number of thiophene rings is 1. The molecule has 220 valence electrons. The number of carbonyl (C=O) groups is 4. The van der Waals surface area contributed by atoms with E-state index in [0.29, 0.717) is 11.5 Å². The Morgan fingerprint density at radius 2 is 1.57 bits per heavy atom. The molecule has 0 radical (unpaired) electrons. The van der Waals surface area contributed by atoms with E-state index in [0.717, 1.165) is 50.8 Å². The molecule has 1 aliphatic heterocycles. The average molecular weight is 597 g/mol. The number of hydrogen-bond donors (Lipinski definition) is 2. The molecule has 0 saturated carbocycles. The predicted octanol–water partition coefficient (Wildman–Crippen LogP) is 3.87. The Morgan fingerprint density at radius 3 is 2.20 bits per heavy atom. The van der Waals surface area contributed by atoms with E-state index >= 15 is 0 Å². The Balaban J connectivity index is 0.00000560. The summed E-state index contributed by atoms with van der Waals surface area (Å²) < 4.78 is 21.4. The molecule has 0 saturated heterocycles. The average Bonchev–Trinajstić information content (AvgIpc) is 3.38. The van der Waals surface area contributed by atoms with Crippen LogP contribution in [0.15, 0.2) is 24.3 Å². The normalized spacial score (nSPS) is 11.9.